The molecule has 0 N–H and O–H groups in total. The van der Waals surface area contributed by atoms with E-state index in [0.717, 1.165) is 37.3 Å². The van der Waals surface area contributed by atoms with Crippen molar-refractivity contribution >= 4 is 5.91 Å². The van der Waals surface area contributed by atoms with Crippen LogP contribution in [0.5, 0.6) is 0 Å². The van der Waals surface area contributed by atoms with Crippen LogP contribution in [-0.4, -0.2) is 58.4 Å². The first kappa shape index (κ1) is 12.5. The monoisotopic (exact) mass is 260 g/mol. The van der Waals surface area contributed by atoms with E-state index in [4.69, 9.17) is 0 Å². The molecule has 3 rings (SSSR count). The Bertz CT molecular complexity index is 516. The van der Waals surface area contributed by atoms with E-state index < -0.39 is 0 Å². The number of carbonyl (C=O) groups excluding carboxylic acids is 1. The van der Waals surface area contributed by atoms with Crippen molar-refractivity contribution in [2.45, 2.75) is 26.3 Å². The number of rotatable bonds is 1. The van der Waals surface area contributed by atoms with Gasteiger partial charge in [0.05, 0.1) is 0 Å². The van der Waals surface area contributed by atoms with Crippen molar-refractivity contribution in [1.29, 1.82) is 0 Å². The summed E-state index contributed by atoms with van der Waals surface area (Å²) in [6.45, 7) is 6.81. The van der Waals surface area contributed by atoms with Crippen LogP contribution in [0.25, 0.3) is 0 Å². The molecule has 0 unspecified atom stereocenters. The third kappa shape index (κ3) is 2.02. The van der Waals surface area contributed by atoms with Crippen LogP contribution < -0.4 is 0 Å². The number of nitrogens with zero attached hydrogens (tertiary/aromatic N) is 4. The van der Waals surface area contributed by atoms with E-state index in [1.807, 2.05) is 18.7 Å². The van der Waals surface area contributed by atoms with Gasteiger partial charge >= 0.3 is 0 Å². The summed E-state index contributed by atoms with van der Waals surface area (Å²) < 4.78 is 0. The van der Waals surface area contributed by atoms with Crippen molar-refractivity contribution in [3.63, 3.8) is 0 Å². The summed E-state index contributed by atoms with van der Waals surface area (Å²) in [6, 6.07) is 0.368. The summed E-state index contributed by atoms with van der Waals surface area (Å²) in [5.74, 6) is 0.711. The van der Waals surface area contributed by atoms with Gasteiger partial charge in [0.2, 0.25) is 0 Å². The predicted octanol–water partition coefficient (Wildman–Crippen LogP) is 0.870. The van der Waals surface area contributed by atoms with E-state index in [2.05, 4.69) is 21.9 Å². The lowest BCUT2D eigenvalue weighted by molar-refractivity contribution is 0.0722. The standard InChI is InChI=1S/C14H20N4O/c1-9-10(2)15-8-16-13(9)14(19)18-5-4-11-6-17(3)7-12(11)18/h8,11-12H,4-7H2,1-3H3/t11-,12+/m0/s1. The Hall–Kier alpha value is -1.49. The van der Waals surface area contributed by atoms with Gasteiger partial charge in [0.15, 0.2) is 0 Å². The van der Waals surface area contributed by atoms with Crippen molar-refractivity contribution in [1.82, 2.24) is 19.8 Å². The second-order valence-electron chi connectivity index (χ2n) is 5.77. The van der Waals surface area contributed by atoms with Crippen molar-refractivity contribution < 1.29 is 4.79 Å². The molecule has 2 atom stereocenters. The summed E-state index contributed by atoms with van der Waals surface area (Å²) in [6.07, 6.45) is 2.60. The Balaban J connectivity index is 1.87. The average molecular weight is 260 g/mol. The summed E-state index contributed by atoms with van der Waals surface area (Å²) in [5, 5.41) is 0. The van der Waals surface area contributed by atoms with Gasteiger partial charge in [-0.3, -0.25) is 4.79 Å². The topological polar surface area (TPSA) is 49.3 Å². The van der Waals surface area contributed by atoms with Crippen LogP contribution in [0.15, 0.2) is 6.33 Å². The Morgan fingerprint density at radius 3 is 2.89 bits per heavy atom. The average Bonchev–Trinajstić information content (AvgIpc) is 2.90. The fourth-order valence-corrected chi connectivity index (χ4v) is 3.31. The maximum absolute atomic E-state index is 12.7. The van der Waals surface area contributed by atoms with Crippen LogP contribution in [0, 0.1) is 19.8 Å². The molecule has 2 saturated heterocycles. The Kier molecular flexibility index (Phi) is 3.01. The molecule has 0 radical (unpaired) electrons. The lowest BCUT2D eigenvalue weighted by Crippen LogP contribution is -2.40. The van der Waals surface area contributed by atoms with Gasteiger partial charge in [-0.05, 0) is 33.2 Å². The van der Waals surface area contributed by atoms with E-state index in [1.165, 1.54) is 6.33 Å². The molecule has 0 spiro atoms. The zero-order valence-electron chi connectivity index (χ0n) is 11.8. The number of likely N-dealkylation sites (N-methyl/N-ethyl adjacent to an activating group) is 1. The number of amides is 1. The lowest BCUT2D eigenvalue weighted by atomic mass is 10.0. The molecule has 102 valence electrons. The number of hydrogen-bond donors (Lipinski definition) is 0. The summed E-state index contributed by atoms with van der Waals surface area (Å²) in [7, 11) is 2.13. The molecular weight excluding hydrogens is 240 g/mol. The SMILES string of the molecule is Cc1ncnc(C(=O)N2CC[C@H]3CN(C)C[C@H]32)c1C. The number of hydrogen-bond acceptors (Lipinski definition) is 4. The lowest BCUT2D eigenvalue weighted by Gasteiger charge is -2.24. The van der Waals surface area contributed by atoms with Gasteiger partial charge in [0.1, 0.15) is 12.0 Å². The van der Waals surface area contributed by atoms with Crippen molar-refractivity contribution in [2.24, 2.45) is 5.92 Å². The molecule has 2 fully saturated rings. The highest BCUT2D eigenvalue weighted by Gasteiger charge is 2.42. The zero-order chi connectivity index (χ0) is 13.6. The van der Waals surface area contributed by atoms with Crippen LogP contribution in [0.3, 0.4) is 0 Å². The number of fused-ring (bicyclic) bond motifs is 1. The van der Waals surface area contributed by atoms with Gasteiger partial charge in [-0.1, -0.05) is 0 Å². The van der Waals surface area contributed by atoms with Gasteiger partial charge in [0.25, 0.3) is 5.91 Å². The normalized spacial score (nSPS) is 26.8. The molecule has 0 aliphatic carbocycles. The van der Waals surface area contributed by atoms with Crippen molar-refractivity contribution in [3.8, 4) is 0 Å². The predicted molar refractivity (Wildman–Crippen MR) is 71.9 cm³/mol. The smallest absolute Gasteiger partial charge is 0.273 e. The van der Waals surface area contributed by atoms with Gasteiger partial charge in [-0.15, -0.1) is 0 Å². The maximum Gasteiger partial charge on any atom is 0.273 e. The molecule has 2 aliphatic rings. The summed E-state index contributed by atoms with van der Waals surface area (Å²) >= 11 is 0. The maximum atomic E-state index is 12.7. The van der Waals surface area contributed by atoms with Gasteiger partial charge in [0, 0.05) is 36.9 Å². The highest BCUT2D eigenvalue weighted by molar-refractivity contribution is 5.94. The van der Waals surface area contributed by atoms with Gasteiger partial charge in [-0.2, -0.15) is 0 Å². The van der Waals surface area contributed by atoms with Crippen LogP contribution in [0.4, 0.5) is 0 Å². The Labute approximate surface area is 113 Å². The molecule has 1 aromatic rings. The molecule has 0 bridgehead atoms. The van der Waals surface area contributed by atoms with E-state index >= 15 is 0 Å². The number of likely N-dealkylation sites (tertiary alicyclic amines) is 2. The van der Waals surface area contributed by atoms with Crippen molar-refractivity contribution in [3.05, 3.63) is 23.3 Å². The molecular formula is C14H20N4O. The van der Waals surface area contributed by atoms with E-state index in [-0.39, 0.29) is 5.91 Å². The Morgan fingerprint density at radius 1 is 1.32 bits per heavy atom. The Morgan fingerprint density at radius 2 is 2.11 bits per heavy atom. The van der Waals surface area contributed by atoms with E-state index in [0.29, 0.717) is 17.7 Å². The third-order valence-electron chi connectivity index (χ3n) is 4.53. The number of aromatic nitrogens is 2. The molecule has 0 aromatic carbocycles. The number of aryl methyl sites for hydroxylation is 1. The van der Waals surface area contributed by atoms with Crippen LogP contribution in [0.2, 0.25) is 0 Å². The van der Waals surface area contributed by atoms with E-state index in [9.17, 15) is 4.79 Å². The first-order chi connectivity index (χ1) is 9.08. The molecule has 5 heteroatoms. The number of carbonyl (C=O) groups is 1. The molecule has 2 aliphatic heterocycles. The van der Waals surface area contributed by atoms with Crippen molar-refractivity contribution in [2.75, 3.05) is 26.7 Å². The van der Waals surface area contributed by atoms with E-state index in [1.54, 1.807) is 0 Å². The van der Waals surface area contributed by atoms with Crippen LogP contribution in [0.1, 0.15) is 28.2 Å². The first-order valence-electron chi connectivity index (χ1n) is 6.85. The molecule has 0 saturated carbocycles. The summed E-state index contributed by atoms with van der Waals surface area (Å²) in [5.41, 5.74) is 2.36. The van der Waals surface area contributed by atoms with Gasteiger partial charge in [-0.25, -0.2) is 9.97 Å². The highest BCUT2D eigenvalue weighted by atomic mass is 16.2. The molecule has 1 aromatic heterocycles. The molecule has 19 heavy (non-hydrogen) atoms. The minimum atomic E-state index is 0.0748. The fourth-order valence-electron chi connectivity index (χ4n) is 3.31. The minimum Gasteiger partial charge on any atom is -0.333 e. The van der Waals surface area contributed by atoms with Crippen LogP contribution in [-0.2, 0) is 0 Å². The molecule has 5 nitrogen and oxygen atoms in total. The third-order valence-corrected chi connectivity index (χ3v) is 4.53. The highest BCUT2D eigenvalue weighted by Crippen LogP contribution is 2.31. The quantitative estimate of drug-likeness (QED) is 0.752. The summed E-state index contributed by atoms with van der Waals surface area (Å²) in [4.78, 5) is 25.4. The largest absolute Gasteiger partial charge is 0.333 e. The fraction of sp³-hybridized carbons (Fsp3) is 0.643. The van der Waals surface area contributed by atoms with Gasteiger partial charge < -0.3 is 9.80 Å². The second kappa shape index (κ2) is 4.56. The molecule has 1 amide bonds. The first-order valence-corrected chi connectivity index (χ1v) is 6.85. The molecule has 3 heterocycles. The zero-order valence-corrected chi connectivity index (χ0v) is 11.8. The van der Waals surface area contributed by atoms with Crippen LogP contribution >= 0.6 is 0 Å². The minimum absolute atomic E-state index is 0.0748. The second-order valence-corrected chi connectivity index (χ2v) is 5.77.